The Morgan fingerprint density at radius 1 is 1.15 bits per heavy atom. The molecule has 0 spiro atoms. The first-order valence-electron chi connectivity index (χ1n) is 7.26. The van der Waals surface area contributed by atoms with E-state index >= 15 is 0 Å². The lowest BCUT2D eigenvalue weighted by Crippen LogP contribution is -2.41. The van der Waals surface area contributed by atoms with Crippen molar-refractivity contribution in [2.24, 2.45) is 5.92 Å². The maximum atomic E-state index is 12.9. The van der Waals surface area contributed by atoms with Crippen molar-refractivity contribution in [3.05, 3.63) is 35.6 Å². The Labute approximate surface area is 117 Å². The number of benzene rings is 1. The van der Waals surface area contributed by atoms with Crippen LogP contribution in [-0.4, -0.2) is 29.2 Å². The molecule has 1 aromatic carbocycles. The molecule has 3 nitrogen and oxygen atoms in total. The summed E-state index contributed by atoms with van der Waals surface area (Å²) in [7, 11) is 0. The summed E-state index contributed by atoms with van der Waals surface area (Å²) in [5.74, 6) is -0.103. The van der Waals surface area contributed by atoms with Crippen LogP contribution in [-0.2, 0) is 4.79 Å². The first-order valence-corrected chi connectivity index (χ1v) is 7.26. The van der Waals surface area contributed by atoms with Crippen LogP contribution in [0, 0.1) is 11.7 Å². The highest BCUT2D eigenvalue weighted by atomic mass is 19.1. The van der Waals surface area contributed by atoms with Gasteiger partial charge in [0, 0.05) is 30.5 Å². The van der Waals surface area contributed by atoms with Gasteiger partial charge in [0.25, 0.3) is 5.91 Å². The molecule has 3 rings (SSSR count). The van der Waals surface area contributed by atoms with Crippen molar-refractivity contribution in [1.82, 2.24) is 4.90 Å². The third-order valence-corrected chi connectivity index (χ3v) is 4.47. The van der Waals surface area contributed by atoms with Gasteiger partial charge in [-0.15, -0.1) is 0 Å². The van der Waals surface area contributed by atoms with Crippen LogP contribution in [0.5, 0.6) is 0 Å². The van der Waals surface area contributed by atoms with Crippen LogP contribution in [0.15, 0.2) is 24.3 Å². The molecule has 1 amide bonds. The molecule has 0 aromatic heterocycles. The van der Waals surface area contributed by atoms with E-state index < -0.39 is 0 Å². The van der Waals surface area contributed by atoms with Crippen LogP contribution in [0.2, 0.25) is 0 Å². The van der Waals surface area contributed by atoms with Crippen LogP contribution in [0.1, 0.15) is 42.5 Å². The molecule has 1 heterocycles. The van der Waals surface area contributed by atoms with Crippen LogP contribution in [0.25, 0.3) is 0 Å². The monoisotopic (exact) mass is 275 g/mol. The molecule has 0 bridgehead atoms. The third kappa shape index (κ3) is 2.35. The van der Waals surface area contributed by atoms with Gasteiger partial charge in [0.1, 0.15) is 11.6 Å². The summed E-state index contributed by atoms with van der Waals surface area (Å²) in [6.07, 6.45) is 4.35. The average Bonchev–Trinajstić information content (AvgIpc) is 3.07. The van der Waals surface area contributed by atoms with E-state index in [1.807, 2.05) is 4.90 Å². The summed E-state index contributed by atoms with van der Waals surface area (Å²) in [5, 5.41) is 0. The van der Waals surface area contributed by atoms with Crippen molar-refractivity contribution in [2.75, 3.05) is 6.54 Å². The van der Waals surface area contributed by atoms with Gasteiger partial charge in [-0.1, -0.05) is 0 Å². The number of ketones is 1. The summed E-state index contributed by atoms with van der Waals surface area (Å²) in [5.41, 5.74) is 0.503. The molecular weight excluding hydrogens is 257 g/mol. The second-order valence-corrected chi connectivity index (χ2v) is 5.68. The van der Waals surface area contributed by atoms with Crippen molar-refractivity contribution >= 4 is 11.7 Å². The highest BCUT2D eigenvalue weighted by molar-refractivity contribution is 5.95. The molecule has 2 aliphatic rings. The van der Waals surface area contributed by atoms with E-state index in [0.29, 0.717) is 24.3 Å². The lowest BCUT2D eigenvalue weighted by molar-refractivity contribution is -0.121. The zero-order valence-corrected chi connectivity index (χ0v) is 11.3. The van der Waals surface area contributed by atoms with Crippen molar-refractivity contribution < 1.29 is 14.0 Å². The predicted octanol–water partition coefficient (Wildman–Crippen LogP) is 2.80. The number of halogens is 1. The molecule has 20 heavy (non-hydrogen) atoms. The van der Waals surface area contributed by atoms with Gasteiger partial charge in [-0.05, 0) is 49.9 Å². The van der Waals surface area contributed by atoms with Crippen LogP contribution >= 0.6 is 0 Å². The number of carbonyl (C=O) groups is 2. The van der Waals surface area contributed by atoms with E-state index in [1.165, 1.54) is 24.3 Å². The first kappa shape index (κ1) is 13.3. The van der Waals surface area contributed by atoms with E-state index in [2.05, 4.69) is 0 Å². The number of hydrogen-bond acceptors (Lipinski definition) is 2. The van der Waals surface area contributed by atoms with Gasteiger partial charge in [0.2, 0.25) is 0 Å². The van der Waals surface area contributed by atoms with Gasteiger partial charge in [0.05, 0.1) is 0 Å². The second-order valence-electron chi connectivity index (χ2n) is 5.68. The first-order chi connectivity index (χ1) is 9.66. The zero-order chi connectivity index (χ0) is 14.1. The Hall–Kier alpha value is -1.71. The largest absolute Gasteiger partial charge is 0.335 e. The molecule has 0 N–H and O–H groups in total. The maximum absolute atomic E-state index is 12.9. The molecule has 1 aliphatic heterocycles. The van der Waals surface area contributed by atoms with Gasteiger partial charge in [0.15, 0.2) is 0 Å². The highest BCUT2D eigenvalue weighted by Gasteiger charge is 2.40. The molecule has 1 saturated heterocycles. The number of likely N-dealkylation sites (tertiary alicyclic amines) is 1. The van der Waals surface area contributed by atoms with Crippen molar-refractivity contribution in [2.45, 2.75) is 38.1 Å². The third-order valence-electron chi connectivity index (χ3n) is 4.47. The normalized spacial score (nSPS) is 26.2. The quantitative estimate of drug-likeness (QED) is 0.832. The smallest absolute Gasteiger partial charge is 0.254 e. The van der Waals surface area contributed by atoms with E-state index in [0.717, 1.165) is 25.7 Å². The number of nitrogens with zero attached hydrogens (tertiary/aromatic N) is 1. The van der Waals surface area contributed by atoms with Crippen molar-refractivity contribution in [3.8, 4) is 0 Å². The van der Waals surface area contributed by atoms with Crippen LogP contribution in [0.3, 0.4) is 0 Å². The minimum Gasteiger partial charge on any atom is -0.335 e. The van der Waals surface area contributed by atoms with E-state index in [1.54, 1.807) is 0 Å². The number of carbonyl (C=O) groups excluding carboxylic acids is 2. The van der Waals surface area contributed by atoms with Gasteiger partial charge in [-0.2, -0.15) is 0 Å². The Morgan fingerprint density at radius 2 is 1.90 bits per heavy atom. The van der Waals surface area contributed by atoms with Crippen molar-refractivity contribution in [1.29, 1.82) is 0 Å². The lowest BCUT2D eigenvalue weighted by Gasteiger charge is -2.28. The summed E-state index contributed by atoms with van der Waals surface area (Å²) < 4.78 is 12.9. The number of amides is 1. The van der Waals surface area contributed by atoms with Crippen molar-refractivity contribution in [3.63, 3.8) is 0 Å². The Kier molecular flexibility index (Phi) is 3.55. The highest BCUT2D eigenvalue weighted by Crippen LogP contribution is 2.34. The molecule has 106 valence electrons. The minimum absolute atomic E-state index is 0.0156. The Balaban J connectivity index is 1.79. The molecule has 2 atom stereocenters. The van der Waals surface area contributed by atoms with E-state index in [9.17, 15) is 14.0 Å². The lowest BCUT2D eigenvalue weighted by atomic mass is 9.94. The van der Waals surface area contributed by atoms with E-state index in [4.69, 9.17) is 0 Å². The fourth-order valence-corrected chi connectivity index (χ4v) is 3.47. The van der Waals surface area contributed by atoms with Gasteiger partial charge >= 0.3 is 0 Å². The topological polar surface area (TPSA) is 37.4 Å². The van der Waals surface area contributed by atoms with Crippen LogP contribution in [0.4, 0.5) is 4.39 Å². The number of hydrogen-bond donors (Lipinski definition) is 0. The molecular formula is C16H18FNO2. The van der Waals surface area contributed by atoms with Gasteiger partial charge in [-0.25, -0.2) is 4.39 Å². The van der Waals surface area contributed by atoms with Crippen LogP contribution < -0.4 is 0 Å². The summed E-state index contributed by atoms with van der Waals surface area (Å²) >= 11 is 0. The molecule has 1 saturated carbocycles. The molecule has 0 radical (unpaired) electrons. The fraction of sp³-hybridized carbons (Fsp3) is 0.500. The molecule has 1 aliphatic carbocycles. The summed E-state index contributed by atoms with van der Waals surface area (Å²) in [6.45, 7) is 0.699. The average molecular weight is 275 g/mol. The van der Waals surface area contributed by atoms with Gasteiger partial charge < -0.3 is 4.90 Å². The zero-order valence-electron chi connectivity index (χ0n) is 11.3. The second kappa shape index (κ2) is 5.35. The SMILES string of the molecule is O=C1CCCC1C1CCCN1C(=O)c1ccc(F)cc1. The van der Waals surface area contributed by atoms with E-state index in [-0.39, 0.29) is 23.7 Å². The van der Waals surface area contributed by atoms with Gasteiger partial charge in [-0.3, -0.25) is 9.59 Å². The molecule has 2 fully saturated rings. The molecule has 1 aromatic rings. The number of rotatable bonds is 2. The Bertz CT molecular complexity index is 526. The minimum atomic E-state index is -0.342. The predicted molar refractivity (Wildman–Crippen MR) is 72.8 cm³/mol. The Morgan fingerprint density at radius 3 is 2.55 bits per heavy atom. The maximum Gasteiger partial charge on any atom is 0.254 e. The molecule has 2 unspecified atom stereocenters. The standard InChI is InChI=1S/C16H18FNO2/c17-12-8-6-11(7-9-12)16(20)18-10-2-4-14(18)13-3-1-5-15(13)19/h6-9,13-14H,1-5,10H2. The number of Topliss-reactive ketones (excluding diaryl/α,β-unsaturated/α-hetero) is 1. The fourth-order valence-electron chi connectivity index (χ4n) is 3.47. The summed E-state index contributed by atoms with van der Waals surface area (Å²) in [6, 6.07) is 5.69. The molecule has 4 heteroatoms. The summed E-state index contributed by atoms with van der Waals surface area (Å²) in [4.78, 5) is 26.3.